The number of rotatable bonds is 3. The first kappa shape index (κ1) is 10.7. The number of nitriles is 1. The molecule has 1 heterocycles. The van der Waals surface area contributed by atoms with Crippen molar-refractivity contribution < 1.29 is 5.11 Å². The van der Waals surface area contributed by atoms with Crippen LogP contribution in [0.3, 0.4) is 0 Å². The monoisotopic (exact) mass is 194 g/mol. The average Bonchev–Trinajstić information content (AvgIpc) is 2.62. The Morgan fingerprint density at radius 1 is 1.79 bits per heavy atom. The van der Waals surface area contributed by atoms with Crippen molar-refractivity contribution in [3.63, 3.8) is 0 Å². The molecule has 0 aliphatic rings. The number of aliphatic hydroxyl groups is 1. The maximum atomic E-state index is 9.91. The molecule has 0 spiro atoms. The fraction of sp³-hybridized carbons (Fsp3) is 0.667. The zero-order chi connectivity index (χ0) is 10.8. The molecule has 0 bridgehead atoms. The van der Waals surface area contributed by atoms with Gasteiger partial charge in [-0.25, -0.2) is 0 Å². The van der Waals surface area contributed by atoms with Crippen molar-refractivity contribution in [1.29, 1.82) is 5.26 Å². The first-order chi connectivity index (χ1) is 6.53. The molecule has 1 aromatic heterocycles. The Labute approximate surface area is 83.0 Å². The molecule has 0 aliphatic heterocycles. The van der Waals surface area contributed by atoms with Crippen LogP contribution in [0.1, 0.15) is 32.1 Å². The number of aryl methyl sites for hydroxylation is 1. The van der Waals surface area contributed by atoms with Crippen LogP contribution >= 0.6 is 0 Å². The number of aliphatic hydroxyl groups excluding tert-OH is 1. The van der Waals surface area contributed by atoms with Crippen LogP contribution in [0, 0.1) is 16.7 Å². The summed E-state index contributed by atoms with van der Waals surface area (Å²) in [5.41, 5.74) is -0.353. The third-order valence-electron chi connectivity index (χ3n) is 2.49. The van der Waals surface area contributed by atoms with Crippen molar-refractivity contribution in [2.75, 3.05) is 0 Å². The molecule has 0 radical (unpaired) electrons. The third kappa shape index (κ3) is 1.75. The number of hydrogen-bond acceptors (Lipinski definition) is 4. The highest BCUT2D eigenvalue weighted by Crippen LogP contribution is 2.34. The molecule has 1 aromatic rings. The van der Waals surface area contributed by atoms with Crippen molar-refractivity contribution in [3.8, 4) is 6.07 Å². The molecule has 1 rings (SSSR count). The molecule has 5 nitrogen and oxygen atoms in total. The molecular weight excluding hydrogens is 180 g/mol. The van der Waals surface area contributed by atoms with E-state index in [1.54, 1.807) is 20.2 Å². The van der Waals surface area contributed by atoms with Gasteiger partial charge in [-0.15, -0.1) is 5.10 Å². The second kappa shape index (κ2) is 3.76. The molecule has 0 saturated carbocycles. The molecule has 0 saturated heterocycles. The molecule has 2 atom stereocenters. The quantitative estimate of drug-likeness (QED) is 0.771. The lowest BCUT2D eigenvalue weighted by Crippen LogP contribution is -2.23. The van der Waals surface area contributed by atoms with Crippen molar-refractivity contribution in [1.82, 2.24) is 15.0 Å². The molecule has 1 N–H and O–H groups in total. The zero-order valence-electron chi connectivity index (χ0n) is 8.60. The Morgan fingerprint density at radius 2 is 2.43 bits per heavy atom. The Hall–Kier alpha value is -1.41. The molecule has 14 heavy (non-hydrogen) atoms. The lowest BCUT2D eigenvalue weighted by atomic mass is 9.82. The maximum absolute atomic E-state index is 9.91. The summed E-state index contributed by atoms with van der Waals surface area (Å²) in [7, 11) is 1.72. The van der Waals surface area contributed by atoms with E-state index in [0.29, 0.717) is 12.1 Å². The van der Waals surface area contributed by atoms with E-state index in [-0.39, 0.29) is 0 Å². The van der Waals surface area contributed by atoms with Crippen LogP contribution in [-0.4, -0.2) is 20.1 Å². The van der Waals surface area contributed by atoms with E-state index >= 15 is 0 Å². The van der Waals surface area contributed by atoms with Gasteiger partial charge in [-0.2, -0.15) is 5.26 Å². The van der Waals surface area contributed by atoms with E-state index < -0.39 is 11.5 Å². The van der Waals surface area contributed by atoms with E-state index in [2.05, 4.69) is 16.4 Å². The summed E-state index contributed by atoms with van der Waals surface area (Å²) in [5, 5.41) is 26.4. The second-order valence-electron chi connectivity index (χ2n) is 3.60. The SMILES string of the molecule is CCC(C)(C#N)C(O)c1cn(C)nn1. The Kier molecular flexibility index (Phi) is 2.87. The summed E-state index contributed by atoms with van der Waals surface area (Å²) in [6, 6.07) is 2.11. The van der Waals surface area contributed by atoms with Crippen molar-refractivity contribution in [2.45, 2.75) is 26.4 Å². The van der Waals surface area contributed by atoms with E-state index in [9.17, 15) is 5.11 Å². The summed E-state index contributed by atoms with van der Waals surface area (Å²) in [4.78, 5) is 0. The minimum atomic E-state index is -0.883. The molecule has 76 valence electrons. The highest BCUT2D eigenvalue weighted by molar-refractivity contribution is 5.10. The third-order valence-corrected chi connectivity index (χ3v) is 2.49. The van der Waals surface area contributed by atoms with Crippen LogP contribution in [0.25, 0.3) is 0 Å². The summed E-state index contributed by atoms with van der Waals surface area (Å²) < 4.78 is 1.51. The van der Waals surface area contributed by atoms with Crippen molar-refractivity contribution >= 4 is 0 Å². The lowest BCUT2D eigenvalue weighted by Gasteiger charge is -2.23. The summed E-state index contributed by atoms with van der Waals surface area (Å²) in [6.45, 7) is 3.58. The number of aromatic nitrogens is 3. The van der Waals surface area contributed by atoms with Gasteiger partial charge in [-0.05, 0) is 13.3 Å². The summed E-state index contributed by atoms with van der Waals surface area (Å²) >= 11 is 0. The van der Waals surface area contributed by atoms with E-state index in [0.717, 1.165) is 0 Å². The van der Waals surface area contributed by atoms with Crippen LogP contribution in [0.15, 0.2) is 6.20 Å². The largest absolute Gasteiger partial charge is 0.385 e. The first-order valence-corrected chi connectivity index (χ1v) is 4.49. The number of hydrogen-bond donors (Lipinski definition) is 1. The Balaban J connectivity index is 2.95. The molecule has 0 fully saturated rings. The topological polar surface area (TPSA) is 74.7 Å². The number of nitrogens with zero attached hydrogens (tertiary/aromatic N) is 4. The van der Waals surface area contributed by atoms with Crippen LogP contribution in [0.5, 0.6) is 0 Å². The highest BCUT2D eigenvalue weighted by atomic mass is 16.3. The second-order valence-corrected chi connectivity index (χ2v) is 3.60. The Bertz CT molecular complexity index is 354. The molecule has 2 unspecified atom stereocenters. The van der Waals surface area contributed by atoms with Gasteiger partial charge in [0, 0.05) is 7.05 Å². The minimum absolute atomic E-state index is 0.443. The van der Waals surface area contributed by atoms with Gasteiger partial charge in [0.15, 0.2) is 0 Å². The first-order valence-electron chi connectivity index (χ1n) is 4.49. The molecule has 5 heteroatoms. The normalized spacial score (nSPS) is 17.1. The predicted octanol–water partition coefficient (Wildman–Crippen LogP) is 0.788. The van der Waals surface area contributed by atoms with Crippen LogP contribution in [-0.2, 0) is 7.05 Å². The maximum Gasteiger partial charge on any atom is 0.118 e. The van der Waals surface area contributed by atoms with E-state index in [4.69, 9.17) is 5.26 Å². The van der Waals surface area contributed by atoms with Gasteiger partial charge in [-0.3, -0.25) is 4.68 Å². The molecule has 0 aromatic carbocycles. The minimum Gasteiger partial charge on any atom is -0.385 e. The van der Waals surface area contributed by atoms with E-state index in [1.165, 1.54) is 4.68 Å². The van der Waals surface area contributed by atoms with Gasteiger partial charge in [0.1, 0.15) is 11.8 Å². The van der Waals surface area contributed by atoms with Crippen LogP contribution in [0.4, 0.5) is 0 Å². The molecule has 0 amide bonds. The van der Waals surface area contributed by atoms with Gasteiger partial charge < -0.3 is 5.11 Å². The standard InChI is InChI=1S/C9H14N4O/c1-4-9(2,6-10)8(14)7-5-13(3)12-11-7/h5,8,14H,4H2,1-3H3. The summed E-state index contributed by atoms with van der Waals surface area (Å²) in [5.74, 6) is 0. The van der Waals surface area contributed by atoms with Crippen LogP contribution in [0.2, 0.25) is 0 Å². The van der Waals surface area contributed by atoms with Gasteiger partial charge in [0.05, 0.1) is 17.7 Å². The van der Waals surface area contributed by atoms with Gasteiger partial charge >= 0.3 is 0 Å². The van der Waals surface area contributed by atoms with Crippen LogP contribution < -0.4 is 0 Å². The van der Waals surface area contributed by atoms with E-state index in [1.807, 2.05) is 6.92 Å². The van der Waals surface area contributed by atoms with Crippen molar-refractivity contribution in [3.05, 3.63) is 11.9 Å². The molecule has 0 aliphatic carbocycles. The fourth-order valence-electron chi connectivity index (χ4n) is 1.15. The summed E-state index contributed by atoms with van der Waals surface area (Å²) in [6.07, 6.45) is 1.31. The highest BCUT2D eigenvalue weighted by Gasteiger charge is 2.34. The van der Waals surface area contributed by atoms with Gasteiger partial charge in [0.2, 0.25) is 0 Å². The van der Waals surface area contributed by atoms with Gasteiger partial charge in [0.25, 0.3) is 0 Å². The average molecular weight is 194 g/mol. The fourth-order valence-corrected chi connectivity index (χ4v) is 1.15. The Morgan fingerprint density at radius 3 is 2.79 bits per heavy atom. The zero-order valence-corrected chi connectivity index (χ0v) is 8.60. The van der Waals surface area contributed by atoms with Crippen molar-refractivity contribution in [2.24, 2.45) is 12.5 Å². The molecular formula is C9H14N4O. The van der Waals surface area contributed by atoms with Gasteiger partial charge in [-0.1, -0.05) is 12.1 Å². The lowest BCUT2D eigenvalue weighted by molar-refractivity contribution is 0.0683. The smallest absolute Gasteiger partial charge is 0.118 e. The predicted molar refractivity (Wildman–Crippen MR) is 50.0 cm³/mol.